The second kappa shape index (κ2) is 12.0. The number of fused-ring (bicyclic) bond motifs is 1. The van der Waals surface area contributed by atoms with Gasteiger partial charge in [-0.3, -0.25) is 19.3 Å². The molecule has 0 saturated carbocycles. The van der Waals surface area contributed by atoms with E-state index < -0.39 is 70.0 Å². The van der Waals surface area contributed by atoms with Crippen LogP contribution in [0.3, 0.4) is 0 Å². The highest BCUT2D eigenvalue weighted by atomic mass is 32.2. The maximum atomic E-state index is 13.2. The minimum atomic E-state index is -1.81. The number of aromatic nitrogens is 2. The van der Waals surface area contributed by atoms with E-state index >= 15 is 0 Å². The Morgan fingerprint density at radius 1 is 1.30 bits per heavy atom. The van der Waals surface area contributed by atoms with Gasteiger partial charge in [-0.1, -0.05) is 10.3 Å². The van der Waals surface area contributed by atoms with Crippen LogP contribution in [-0.2, 0) is 35.5 Å². The zero-order valence-corrected chi connectivity index (χ0v) is 23.8. The Hall–Kier alpha value is -5.11. The number of aromatic hydroxyl groups is 1. The molecule has 4 rings (SSSR count). The Morgan fingerprint density at radius 2 is 2.02 bits per heavy atom. The van der Waals surface area contributed by atoms with Gasteiger partial charge in [-0.2, -0.15) is 4.73 Å². The minimum absolute atomic E-state index is 0.0313. The first kappa shape index (κ1) is 30.8. The summed E-state index contributed by atoms with van der Waals surface area (Å²) in [6.45, 7) is 2.01. The lowest BCUT2D eigenvalue weighted by molar-refractivity contribution is -0.161. The predicted octanol–water partition coefficient (Wildman–Crippen LogP) is -0.645. The molecule has 0 radical (unpaired) electrons. The molecule has 7 N–H and O–H groups in total. The van der Waals surface area contributed by atoms with E-state index in [4.69, 9.17) is 15.4 Å². The van der Waals surface area contributed by atoms with Crippen molar-refractivity contribution in [1.29, 1.82) is 0 Å². The molecule has 43 heavy (non-hydrogen) atoms. The van der Waals surface area contributed by atoms with Crippen molar-refractivity contribution >= 4 is 63.9 Å². The number of nitrogens with zero attached hydrogens (tertiary/aromatic N) is 5. The Kier molecular flexibility index (Phi) is 8.62. The van der Waals surface area contributed by atoms with Crippen LogP contribution in [0.5, 0.6) is 5.75 Å². The molecular formula is C23H23N7O11S2. The minimum Gasteiger partial charge on any atom is -0.503 e. The summed E-state index contributed by atoms with van der Waals surface area (Å²) in [5.74, 6) is -5.14. The van der Waals surface area contributed by atoms with Gasteiger partial charge in [-0.25, -0.2) is 14.6 Å². The number of rotatable bonds is 11. The third kappa shape index (κ3) is 6.38. The van der Waals surface area contributed by atoms with Crippen LogP contribution >= 0.6 is 23.1 Å². The van der Waals surface area contributed by atoms with Crippen molar-refractivity contribution in [2.75, 3.05) is 11.5 Å². The van der Waals surface area contributed by atoms with E-state index in [1.54, 1.807) is 0 Å². The molecule has 2 aliphatic rings. The number of carbonyl (C=O) groups is 4. The Balaban J connectivity index is 1.49. The highest BCUT2D eigenvalue weighted by Crippen LogP contribution is 2.40. The maximum absolute atomic E-state index is 13.2. The fraction of sp³-hybridized carbons (Fsp3) is 0.304. The molecule has 228 valence electrons. The summed E-state index contributed by atoms with van der Waals surface area (Å²) in [5, 5.41) is 48.6. The number of carboxylic acids is 2. The van der Waals surface area contributed by atoms with Crippen LogP contribution in [0.25, 0.3) is 0 Å². The monoisotopic (exact) mass is 637 g/mol. The summed E-state index contributed by atoms with van der Waals surface area (Å²) in [6, 6.07) is -0.259. The second-order valence-corrected chi connectivity index (χ2v) is 11.3. The number of β-lactam (4-membered cyclic amide) rings is 1. The molecule has 2 atom stereocenters. The van der Waals surface area contributed by atoms with E-state index in [1.165, 1.54) is 19.2 Å². The molecule has 2 aliphatic heterocycles. The van der Waals surface area contributed by atoms with E-state index in [2.05, 4.69) is 20.6 Å². The number of carboxylic acid groups (broad SMARTS) is 2. The molecule has 0 aliphatic carbocycles. The standard InChI is InChI=1S/C23H23N7O11S2/c1-23(2,21(37)38)41-28-14(11-8-43-22(24)26-11)17(33)27-15-18(34)30-16(20(35)36)9(7-42-19(15)30)4-25-40-6-10-3-12(31)13(32)5-29(10)39/h3-5,8,15,19,32,39H,6-7H2,1-2H3,(H2,24,26)(H,27,33)(H,35,36)(H,37,38)/b25-4+,28-14-/t15-,19-/m1/s1. The van der Waals surface area contributed by atoms with Crippen LogP contribution in [0.15, 0.2) is 44.0 Å². The number of nitrogen functional groups attached to an aromatic ring is 1. The van der Waals surface area contributed by atoms with Crippen LogP contribution in [-0.4, -0.2) is 93.6 Å². The van der Waals surface area contributed by atoms with Crippen molar-refractivity contribution in [3.8, 4) is 5.75 Å². The lowest BCUT2D eigenvalue weighted by Gasteiger charge is -2.49. The maximum Gasteiger partial charge on any atom is 0.353 e. The fourth-order valence-electron chi connectivity index (χ4n) is 3.62. The summed E-state index contributed by atoms with van der Waals surface area (Å²) in [6.07, 6.45) is 1.83. The van der Waals surface area contributed by atoms with Gasteiger partial charge < -0.3 is 41.3 Å². The molecule has 2 amide bonds. The zero-order valence-electron chi connectivity index (χ0n) is 22.2. The van der Waals surface area contributed by atoms with Crippen molar-refractivity contribution in [3.63, 3.8) is 0 Å². The molecule has 0 aromatic carbocycles. The fourth-order valence-corrected chi connectivity index (χ4v) is 5.46. The molecule has 1 fully saturated rings. The molecule has 20 heteroatoms. The van der Waals surface area contributed by atoms with Crippen LogP contribution in [0.1, 0.15) is 25.2 Å². The molecular weight excluding hydrogens is 614 g/mol. The number of amides is 2. The number of aliphatic carboxylic acids is 2. The van der Waals surface area contributed by atoms with Gasteiger partial charge in [0.25, 0.3) is 11.8 Å². The average molecular weight is 638 g/mol. The Bertz CT molecular complexity index is 1650. The van der Waals surface area contributed by atoms with Crippen LogP contribution in [0.2, 0.25) is 0 Å². The summed E-state index contributed by atoms with van der Waals surface area (Å²) in [7, 11) is 0. The van der Waals surface area contributed by atoms with Crippen molar-refractivity contribution in [1.82, 2.24) is 19.9 Å². The Labute approximate surface area is 248 Å². The molecule has 0 unspecified atom stereocenters. The number of nitrogens with one attached hydrogen (secondary N) is 1. The van der Waals surface area contributed by atoms with Crippen molar-refractivity contribution in [2.45, 2.75) is 37.5 Å². The first-order chi connectivity index (χ1) is 20.2. The van der Waals surface area contributed by atoms with Gasteiger partial charge in [0.1, 0.15) is 28.5 Å². The molecule has 4 heterocycles. The molecule has 0 spiro atoms. The quantitative estimate of drug-likeness (QED) is 0.0774. The average Bonchev–Trinajstić information content (AvgIpc) is 3.37. The van der Waals surface area contributed by atoms with Crippen LogP contribution < -0.4 is 16.5 Å². The number of thioether (sulfide) groups is 1. The number of anilines is 1. The number of thiazole rings is 1. The van der Waals surface area contributed by atoms with E-state index in [1.807, 2.05) is 0 Å². The van der Waals surface area contributed by atoms with E-state index in [0.717, 1.165) is 46.5 Å². The number of hydrogen-bond acceptors (Lipinski definition) is 15. The number of nitrogens with two attached hydrogens (primary N) is 1. The molecule has 1 saturated heterocycles. The topological polar surface area (TPSA) is 269 Å². The lowest BCUT2D eigenvalue weighted by atomic mass is 10.0. The number of pyridine rings is 1. The van der Waals surface area contributed by atoms with Gasteiger partial charge in [0.2, 0.25) is 11.0 Å². The van der Waals surface area contributed by atoms with Gasteiger partial charge in [-0.05, 0) is 13.8 Å². The van der Waals surface area contributed by atoms with Crippen molar-refractivity contribution < 1.29 is 49.4 Å². The molecule has 2 aromatic heterocycles. The third-order valence-electron chi connectivity index (χ3n) is 5.93. The molecule has 18 nitrogen and oxygen atoms in total. The first-order valence-electron chi connectivity index (χ1n) is 11.9. The number of carbonyl (C=O) groups excluding carboxylic acids is 2. The van der Waals surface area contributed by atoms with Gasteiger partial charge >= 0.3 is 11.9 Å². The van der Waals surface area contributed by atoms with Crippen LogP contribution in [0.4, 0.5) is 5.13 Å². The molecule has 2 aromatic rings. The normalized spacial score (nSPS) is 18.7. The van der Waals surface area contributed by atoms with E-state index in [0.29, 0.717) is 4.73 Å². The summed E-state index contributed by atoms with van der Waals surface area (Å²) >= 11 is 2.10. The van der Waals surface area contributed by atoms with Gasteiger partial charge in [-0.15, -0.1) is 23.1 Å². The largest absolute Gasteiger partial charge is 0.503 e. The highest BCUT2D eigenvalue weighted by Gasteiger charge is 2.54. The van der Waals surface area contributed by atoms with E-state index in [-0.39, 0.29) is 27.8 Å². The first-order valence-corrected chi connectivity index (χ1v) is 13.9. The van der Waals surface area contributed by atoms with Crippen LogP contribution in [0, 0.1) is 0 Å². The summed E-state index contributed by atoms with van der Waals surface area (Å²) in [5.41, 5.74) is 2.25. The van der Waals surface area contributed by atoms with E-state index in [9.17, 15) is 44.5 Å². The highest BCUT2D eigenvalue weighted by molar-refractivity contribution is 8.00. The number of hydrogen-bond donors (Lipinski definition) is 6. The zero-order chi connectivity index (χ0) is 31.6. The van der Waals surface area contributed by atoms with Gasteiger partial charge in [0.15, 0.2) is 23.2 Å². The number of oxime groups is 2. The molecule has 0 bridgehead atoms. The summed E-state index contributed by atoms with van der Waals surface area (Å²) < 4.78 is 0.459. The smallest absolute Gasteiger partial charge is 0.353 e. The third-order valence-corrected chi connectivity index (χ3v) is 7.91. The van der Waals surface area contributed by atoms with Crippen molar-refractivity contribution in [3.05, 3.63) is 50.5 Å². The SMILES string of the molecule is CC(C)(O/N=C(\C(=O)N[C@@H]1C(=O)N2C(C(=O)O)=C(/C=N/OCc3cc(=O)c(O)cn3O)CS[C@H]12)c1csc(N)n1)C(=O)O. The van der Waals surface area contributed by atoms with Gasteiger partial charge in [0, 0.05) is 22.8 Å². The Morgan fingerprint density at radius 3 is 2.65 bits per heavy atom. The predicted molar refractivity (Wildman–Crippen MR) is 148 cm³/mol. The summed E-state index contributed by atoms with van der Waals surface area (Å²) in [4.78, 5) is 76.2. The second-order valence-electron chi connectivity index (χ2n) is 9.32. The van der Waals surface area contributed by atoms with Crippen molar-refractivity contribution in [2.24, 2.45) is 10.3 Å². The van der Waals surface area contributed by atoms with Gasteiger partial charge in [0.05, 0.1) is 12.4 Å². The lowest BCUT2D eigenvalue weighted by Crippen LogP contribution is -2.71.